The Labute approximate surface area is 147 Å². The first kappa shape index (κ1) is 16.1. The summed E-state index contributed by atoms with van der Waals surface area (Å²) in [5.74, 6) is 0. The minimum absolute atomic E-state index is 0.378. The van der Waals surface area contributed by atoms with Gasteiger partial charge in [0.15, 0.2) is 0 Å². The van der Waals surface area contributed by atoms with Gasteiger partial charge in [-0.05, 0) is 11.6 Å². The lowest BCUT2D eigenvalue weighted by Crippen LogP contribution is -2.49. The number of para-hydroxylation sites is 1. The summed E-state index contributed by atoms with van der Waals surface area (Å²) in [4.78, 5) is 14.2. The maximum atomic E-state index is 12.0. The van der Waals surface area contributed by atoms with Gasteiger partial charge in [-0.1, -0.05) is 48.5 Å². The first-order valence-electron chi connectivity index (χ1n) is 8.71. The number of rotatable bonds is 3. The average Bonchev–Trinajstić information content (AvgIpc) is 2.64. The molecule has 1 atom stereocenters. The number of likely N-dealkylation sites (tertiary alicyclic amines) is 1. The zero-order chi connectivity index (χ0) is 17.3. The molecule has 5 heteroatoms. The summed E-state index contributed by atoms with van der Waals surface area (Å²) in [6.45, 7) is 2.16. The number of benzene rings is 2. The van der Waals surface area contributed by atoms with Crippen molar-refractivity contribution in [2.45, 2.75) is 24.5 Å². The van der Waals surface area contributed by atoms with Gasteiger partial charge in [-0.3, -0.25) is 5.32 Å². The van der Waals surface area contributed by atoms with Crippen molar-refractivity contribution in [3.63, 3.8) is 0 Å². The number of ether oxygens (including phenoxy) is 1. The van der Waals surface area contributed by atoms with E-state index in [1.165, 1.54) is 0 Å². The van der Waals surface area contributed by atoms with Gasteiger partial charge in [0.05, 0.1) is 11.8 Å². The summed E-state index contributed by atoms with van der Waals surface area (Å²) in [5, 5.41) is 13.2. The van der Waals surface area contributed by atoms with E-state index in [-0.39, 0.29) is 6.09 Å². The van der Waals surface area contributed by atoms with E-state index < -0.39 is 11.7 Å². The Morgan fingerprint density at radius 2 is 1.76 bits per heavy atom. The molecule has 0 radical (unpaired) electrons. The van der Waals surface area contributed by atoms with Crippen molar-refractivity contribution in [3.8, 4) is 0 Å². The smallest absolute Gasteiger partial charge is 0.412 e. The Morgan fingerprint density at radius 3 is 2.52 bits per heavy atom. The Hall–Kier alpha value is -2.37. The van der Waals surface area contributed by atoms with Crippen LogP contribution in [0.25, 0.3) is 0 Å². The molecule has 2 aliphatic heterocycles. The number of aliphatic hydroxyl groups is 1. The van der Waals surface area contributed by atoms with Gasteiger partial charge in [0.25, 0.3) is 0 Å². The molecular formula is C20H22N2O3. The fraction of sp³-hybridized carbons (Fsp3) is 0.350. The molecule has 25 heavy (non-hydrogen) atoms. The maximum Gasteiger partial charge on any atom is 0.412 e. The fourth-order valence-electron chi connectivity index (χ4n) is 3.85. The van der Waals surface area contributed by atoms with Crippen molar-refractivity contribution >= 4 is 11.8 Å². The lowest BCUT2D eigenvalue weighted by atomic mass is 9.82. The summed E-state index contributed by atoms with van der Waals surface area (Å²) < 4.78 is 5.74. The number of nitrogens with zero attached hydrogens (tertiary/aromatic N) is 1. The van der Waals surface area contributed by atoms with Gasteiger partial charge in [-0.2, -0.15) is 0 Å². The van der Waals surface area contributed by atoms with Crippen LogP contribution in [0.4, 0.5) is 10.5 Å². The van der Waals surface area contributed by atoms with E-state index in [1.54, 1.807) is 0 Å². The molecule has 2 heterocycles. The van der Waals surface area contributed by atoms with E-state index in [0.717, 1.165) is 42.7 Å². The summed E-state index contributed by atoms with van der Waals surface area (Å²) in [6, 6.07) is 17.6. The van der Waals surface area contributed by atoms with Crippen LogP contribution in [0, 0.1) is 0 Å². The Kier molecular flexibility index (Phi) is 4.19. The van der Waals surface area contributed by atoms with E-state index in [0.29, 0.717) is 6.54 Å². The number of fused-ring (bicyclic) bond motifs is 2. The van der Waals surface area contributed by atoms with E-state index in [1.807, 2.05) is 54.6 Å². The molecule has 1 unspecified atom stereocenters. The quantitative estimate of drug-likeness (QED) is 0.902. The minimum Gasteiger partial charge on any atom is -0.438 e. The number of piperidine rings is 1. The molecule has 0 saturated carbocycles. The van der Waals surface area contributed by atoms with Crippen LogP contribution in [0.1, 0.15) is 30.1 Å². The van der Waals surface area contributed by atoms with Crippen molar-refractivity contribution in [1.29, 1.82) is 0 Å². The number of carbonyl (C=O) groups excluding carboxylic acids is 1. The van der Waals surface area contributed by atoms with Gasteiger partial charge in [0, 0.05) is 38.0 Å². The molecule has 2 aromatic rings. The fourth-order valence-corrected chi connectivity index (χ4v) is 3.85. The third-order valence-electron chi connectivity index (χ3n) is 5.22. The Balaban J connectivity index is 1.46. The second-order valence-electron chi connectivity index (χ2n) is 6.78. The molecule has 5 nitrogen and oxygen atoms in total. The van der Waals surface area contributed by atoms with Crippen LogP contribution in [0.15, 0.2) is 54.6 Å². The second kappa shape index (κ2) is 6.50. The number of β-amino-alcohol motifs (C(OH)–C–C–N with tert-alkyl or cyclic N) is 1. The van der Waals surface area contributed by atoms with Crippen LogP contribution in [-0.2, 0) is 10.3 Å². The lowest BCUT2D eigenvalue weighted by molar-refractivity contribution is -0.0444. The van der Waals surface area contributed by atoms with Gasteiger partial charge in [0.2, 0.25) is 0 Å². The predicted octanol–water partition coefficient (Wildman–Crippen LogP) is 3.27. The highest BCUT2D eigenvalue weighted by atomic mass is 16.6. The molecule has 1 saturated heterocycles. The summed E-state index contributed by atoms with van der Waals surface area (Å²) >= 11 is 0. The number of anilines is 1. The molecule has 0 bridgehead atoms. The number of hydrogen-bond donors (Lipinski definition) is 2. The third kappa shape index (κ3) is 3.13. The molecule has 2 aliphatic rings. The van der Waals surface area contributed by atoms with Gasteiger partial charge in [-0.25, -0.2) is 4.79 Å². The van der Waals surface area contributed by atoms with Crippen molar-refractivity contribution in [2.24, 2.45) is 0 Å². The van der Waals surface area contributed by atoms with Crippen LogP contribution in [0.2, 0.25) is 0 Å². The van der Waals surface area contributed by atoms with Crippen LogP contribution in [0.3, 0.4) is 0 Å². The standard InChI is InChI=1S/C20H22N2O3/c23-18(15-6-2-1-3-7-15)14-22-12-10-20(11-13-22)16-8-4-5-9-17(16)21-19(24)25-20/h1-9,18,23H,10-14H2,(H,21,24). The molecule has 0 aromatic heterocycles. The highest BCUT2D eigenvalue weighted by Crippen LogP contribution is 2.43. The van der Waals surface area contributed by atoms with Crippen LogP contribution < -0.4 is 5.32 Å². The summed E-state index contributed by atoms with van der Waals surface area (Å²) in [7, 11) is 0. The van der Waals surface area contributed by atoms with Gasteiger partial charge < -0.3 is 14.7 Å². The third-order valence-corrected chi connectivity index (χ3v) is 5.22. The van der Waals surface area contributed by atoms with Gasteiger partial charge in [0.1, 0.15) is 5.60 Å². The lowest BCUT2D eigenvalue weighted by Gasteiger charge is -2.44. The predicted molar refractivity (Wildman–Crippen MR) is 95.3 cm³/mol. The SMILES string of the molecule is O=C1Nc2ccccc2C2(CCN(CC(O)c3ccccc3)CC2)O1. The normalized spacial score (nSPS) is 20.4. The largest absolute Gasteiger partial charge is 0.438 e. The van der Waals surface area contributed by atoms with Crippen molar-refractivity contribution in [3.05, 3.63) is 65.7 Å². The topological polar surface area (TPSA) is 61.8 Å². The number of carbonyl (C=O) groups is 1. The van der Waals surface area contributed by atoms with Crippen LogP contribution in [0.5, 0.6) is 0 Å². The van der Waals surface area contributed by atoms with Gasteiger partial charge in [-0.15, -0.1) is 0 Å². The van der Waals surface area contributed by atoms with E-state index in [2.05, 4.69) is 10.2 Å². The minimum atomic E-state index is -0.548. The van der Waals surface area contributed by atoms with Crippen LogP contribution in [-0.4, -0.2) is 35.7 Å². The highest BCUT2D eigenvalue weighted by Gasteiger charge is 2.44. The highest BCUT2D eigenvalue weighted by molar-refractivity contribution is 5.88. The number of aliphatic hydroxyl groups excluding tert-OH is 1. The van der Waals surface area contributed by atoms with Crippen LogP contribution >= 0.6 is 0 Å². The second-order valence-corrected chi connectivity index (χ2v) is 6.78. The molecule has 130 valence electrons. The molecule has 4 rings (SSSR count). The van der Waals surface area contributed by atoms with E-state index in [9.17, 15) is 9.90 Å². The number of nitrogens with one attached hydrogen (secondary N) is 1. The first-order valence-corrected chi connectivity index (χ1v) is 8.71. The van der Waals surface area contributed by atoms with Gasteiger partial charge >= 0.3 is 6.09 Å². The monoisotopic (exact) mass is 338 g/mol. The van der Waals surface area contributed by atoms with E-state index in [4.69, 9.17) is 4.74 Å². The van der Waals surface area contributed by atoms with Crippen molar-refractivity contribution in [2.75, 3.05) is 25.0 Å². The number of amides is 1. The molecule has 1 fully saturated rings. The summed E-state index contributed by atoms with van der Waals surface area (Å²) in [6.07, 6.45) is 0.590. The molecule has 0 aliphatic carbocycles. The average molecular weight is 338 g/mol. The van der Waals surface area contributed by atoms with E-state index >= 15 is 0 Å². The number of hydrogen-bond acceptors (Lipinski definition) is 4. The Bertz CT molecular complexity index is 755. The molecular weight excluding hydrogens is 316 g/mol. The Morgan fingerprint density at radius 1 is 1.08 bits per heavy atom. The molecule has 2 aromatic carbocycles. The summed E-state index contributed by atoms with van der Waals surface area (Å²) in [5.41, 5.74) is 2.28. The first-order chi connectivity index (χ1) is 12.2. The maximum absolute atomic E-state index is 12.0. The zero-order valence-electron chi connectivity index (χ0n) is 14.0. The van der Waals surface area contributed by atoms with Crippen molar-refractivity contribution < 1.29 is 14.6 Å². The molecule has 2 N–H and O–H groups in total. The molecule has 1 amide bonds. The molecule has 1 spiro atoms. The zero-order valence-corrected chi connectivity index (χ0v) is 14.0. The van der Waals surface area contributed by atoms with Crippen molar-refractivity contribution in [1.82, 2.24) is 4.90 Å².